The van der Waals surface area contributed by atoms with E-state index < -0.39 is 11.7 Å². The second-order valence-electron chi connectivity index (χ2n) is 4.66. The molecule has 0 amide bonds. The standard InChI is InChI=1S/C13H15BrF3NS/c1-8-11(3-2-6-19-8)18-12-5-4-9(14)7-10(12)13(15,16)17/h4-5,7-8,11,18H,2-3,6H2,1H3. The van der Waals surface area contributed by atoms with Gasteiger partial charge in [0.2, 0.25) is 0 Å². The molecule has 1 aliphatic heterocycles. The third-order valence-corrected chi connectivity index (χ3v) is 5.11. The molecule has 1 aliphatic rings. The molecule has 0 radical (unpaired) electrons. The SMILES string of the molecule is CC1SCCCC1Nc1ccc(Br)cc1C(F)(F)F. The predicted octanol–water partition coefficient (Wildman–Crippen LogP) is 5.16. The molecule has 1 aromatic carbocycles. The number of hydrogen-bond acceptors (Lipinski definition) is 2. The summed E-state index contributed by atoms with van der Waals surface area (Å²) in [5.41, 5.74) is -0.431. The average Bonchev–Trinajstić information content (AvgIpc) is 2.33. The van der Waals surface area contributed by atoms with Gasteiger partial charge in [-0.25, -0.2) is 0 Å². The van der Waals surface area contributed by atoms with Gasteiger partial charge >= 0.3 is 6.18 Å². The van der Waals surface area contributed by atoms with Crippen molar-refractivity contribution in [1.82, 2.24) is 0 Å². The quantitative estimate of drug-likeness (QED) is 0.787. The van der Waals surface area contributed by atoms with Gasteiger partial charge in [0.05, 0.1) is 5.56 Å². The largest absolute Gasteiger partial charge is 0.418 e. The summed E-state index contributed by atoms with van der Waals surface area (Å²) in [5.74, 6) is 1.09. The first-order valence-electron chi connectivity index (χ1n) is 6.13. The fourth-order valence-electron chi connectivity index (χ4n) is 2.19. The van der Waals surface area contributed by atoms with Crippen LogP contribution in [0.5, 0.6) is 0 Å². The van der Waals surface area contributed by atoms with E-state index in [1.54, 1.807) is 6.07 Å². The lowest BCUT2D eigenvalue weighted by Crippen LogP contribution is -2.33. The van der Waals surface area contributed by atoms with Crippen LogP contribution in [0.4, 0.5) is 18.9 Å². The van der Waals surface area contributed by atoms with Gasteiger partial charge in [0.15, 0.2) is 0 Å². The highest BCUT2D eigenvalue weighted by Gasteiger charge is 2.34. The van der Waals surface area contributed by atoms with E-state index in [0.29, 0.717) is 9.72 Å². The van der Waals surface area contributed by atoms with Crippen LogP contribution in [-0.4, -0.2) is 17.0 Å². The Morgan fingerprint density at radius 1 is 1.37 bits per heavy atom. The van der Waals surface area contributed by atoms with E-state index in [-0.39, 0.29) is 11.7 Å². The minimum atomic E-state index is -4.34. The number of rotatable bonds is 2. The first-order chi connectivity index (χ1) is 8.88. The number of thioether (sulfide) groups is 1. The van der Waals surface area contributed by atoms with Gasteiger partial charge in [-0.2, -0.15) is 24.9 Å². The maximum absolute atomic E-state index is 13.0. The zero-order valence-electron chi connectivity index (χ0n) is 10.4. The average molecular weight is 354 g/mol. The van der Waals surface area contributed by atoms with Crippen LogP contribution in [0.1, 0.15) is 25.3 Å². The van der Waals surface area contributed by atoms with Crippen molar-refractivity contribution < 1.29 is 13.2 Å². The summed E-state index contributed by atoms with van der Waals surface area (Å²) >= 11 is 4.90. The van der Waals surface area contributed by atoms with Crippen LogP contribution in [-0.2, 0) is 6.18 Å². The van der Waals surface area contributed by atoms with Crippen LogP contribution < -0.4 is 5.32 Å². The number of nitrogens with one attached hydrogen (secondary N) is 1. The zero-order chi connectivity index (χ0) is 14.0. The smallest absolute Gasteiger partial charge is 0.381 e. The van der Waals surface area contributed by atoms with Crippen molar-refractivity contribution in [3.8, 4) is 0 Å². The summed E-state index contributed by atoms with van der Waals surface area (Å²) in [7, 11) is 0. The molecule has 2 atom stereocenters. The van der Waals surface area contributed by atoms with Gasteiger partial charge in [0, 0.05) is 21.5 Å². The van der Waals surface area contributed by atoms with Crippen molar-refractivity contribution in [2.24, 2.45) is 0 Å². The molecule has 1 nitrogen and oxygen atoms in total. The molecule has 0 aromatic heterocycles. The molecule has 19 heavy (non-hydrogen) atoms. The Morgan fingerprint density at radius 2 is 2.11 bits per heavy atom. The first-order valence-corrected chi connectivity index (χ1v) is 7.97. The highest BCUT2D eigenvalue weighted by Crippen LogP contribution is 2.38. The molecule has 1 heterocycles. The van der Waals surface area contributed by atoms with Crippen molar-refractivity contribution in [2.45, 2.75) is 37.2 Å². The molecule has 0 aliphatic carbocycles. The Labute approximate surface area is 123 Å². The predicted molar refractivity (Wildman–Crippen MR) is 77.7 cm³/mol. The lowest BCUT2D eigenvalue weighted by atomic mass is 10.1. The molecule has 2 unspecified atom stereocenters. The molecule has 1 saturated heterocycles. The van der Waals surface area contributed by atoms with Crippen molar-refractivity contribution in [1.29, 1.82) is 0 Å². The molecule has 0 bridgehead atoms. The van der Waals surface area contributed by atoms with Gasteiger partial charge in [-0.3, -0.25) is 0 Å². The minimum Gasteiger partial charge on any atom is -0.381 e. The molecular weight excluding hydrogens is 339 g/mol. The van der Waals surface area contributed by atoms with Gasteiger partial charge in [-0.1, -0.05) is 22.9 Å². The van der Waals surface area contributed by atoms with Gasteiger partial charge in [0.25, 0.3) is 0 Å². The fraction of sp³-hybridized carbons (Fsp3) is 0.538. The van der Waals surface area contributed by atoms with Crippen molar-refractivity contribution in [3.63, 3.8) is 0 Å². The Kier molecular flexibility index (Phi) is 4.71. The lowest BCUT2D eigenvalue weighted by Gasteiger charge is -2.31. The molecule has 1 fully saturated rings. The van der Waals surface area contributed by atoms with Gasteiger partial charge in [-0.05, 0) is 36.8 Å². The maximum atomic E-state index is 13.0. The minimum absolute atomic E-state index is 0.0982. The molecule has 6 heteroatoms. The van der Waals surface area contributed by atoms with Crippen molar-refractivity contribution in [3.05, 3.63) is 28.2 Å². The monoisotopic (exact) mass is 353 g/mol. The lowest BCUT2D eigenvalue weighted by molar-refractivity contribution is -0.137. The Morgan fingerprint density at radius 3 is 2.74 bits per heavy atom. The first kappa shape index (κ1) is 15.0. The number of hydrogen-bond donors (Lipinski definition) is 1. The molecule has 2 rings (SSSR count). The van der Waals surface area contributed by atoms with E-state index >= 15 is 0 Å². The maximum Gasteiger partial charge on any atom is 0.418 e. The number of halogens is 4. The van der Waals surface area contributed by atoms with Gasteiger partial charge < -0.3 is 5.32 Å². The van der Waals surface area contributed by atoms with Crippen LogP contribution >= 0.6 is 27.7 Å². The molecule has 0 saturated carbocycles. The fourth-order valence-corrected chi connectivity index (χ4v) is 3.69. The summed E-state index contributed by atoms with van der Waals surface area (Å²) in [5, 5.41) is 3.40. The second-order valence-corrected chi connectivity index (χ2v) is 7.06. The normalized spacial score (nSPS) is 24.3. The van der Waals surface area contributed by atoms with E-state index in [9.17, 15) is 13.2 Å². The van der Waals surface area contributed by atoms with Crippen LogP contribution in [0.2, 0.25) is 0 Å². The number of alkyl halides is 3. The summed E-state index contributed by atoms with van der Waals surface area (Å²) in [6, 6.07) is 4.36. The van der Waals surface area contributed by atoms with E-state index in [2.05, 4.69) is 28.2 Å². The van der Waals surface area contributed by atoms with Gasteiger partial charge in [-0.15, -0.1) is 0 Å². The third kappa shape index (κ3) is 3.81. The third-order valence-electron chi connectivity index (χ3n) is 3.23. The van der Waals surface area contributed by atoms with Crippen LogP contribution in [0.25, 0.3) is 0 Å². The van der Waals surface area contributed by atoms with Crippen molar-refractivity contribution in [2.75, 3.05) is 11.1 Å². The van der Waals surface area contributed by atoms with Gasteiger partial charge in [0.1, 0.15) is 0 Å². The van der Waals surface area contributed by atoms with E-state index in [1.165, 1.54) is 6.07 Å². The topological polar surface area (TPSA) is 12.0 Å². The van der Waals surface area contributed by atoms with Crippen molar-refractivity contribution >= 4 is 33.4 Å². The number of anilines is 1. The second kappa shape index (κ2) is 5.95. The van der Waals surface area contributed by atoms with E-state index in [1.807, 2.05) is 11.8 Å². The van der Waals surface area contributed by atoms with Crippen LogP contribution in [0.15, 0.2) is 22.7 Å². The summed E-state index contributed by atoms with van der Waals surface area (Å²) < 4.78 is 39.5. The Bertz CT molecular complexity index is 450. The molecule has 1 N–H and O–H groups in total. The highest BCUT2D eigenvalue weighted by atomic mass is 79.9. The van der Waals surface area contributed by atoms with Crippen LogP contribution in [0.3, 0.4) is 0 Å². The summed E-state index contributed by atoms with van der Waals surface area (Å²) in [4.78, 5) is 0. The van der Waals surface area contributed by atoms with Crippen LogP contribution in [0, 0.1) is 0 Å². The molecular formula is C13H15BrF3NS. The molecule has 106 valence electrons. The Hall–Kier alpha value is -0.360. The highest BCUT2D eigenvalue weighted by molar-refractivity contribution is 9.10. The van der Waals surface area contributed by atoms with E-state index in [4.69, 9.17) is 0 Å². The molecule has 1 aromatic rings. The zero-order valence-corrected chi connectivity index (χ0v) is 12.8. The Balaban J connectivity index is 2.24. The molecule has 0 spiro atoms. The number of benzene rings is 1. The van der Waals surface area contributed by atoms with E-state index in [0.717, 1.165) is 24.7 Å². The summed E-state index contributed by atoms with van der Waals surface area (Å²) in [6.07, 6.45) is -2.37. The summed E-state index contributed by atoms with van der Waals surface area (Å²) in [6.45, 7) is 2.06.